The molecule has 2 N–H and O–H groups in total. The first kappa shape index (κ1) is 26.2. The molecule has 0 saturated heterocycles. The van der Waals surface area contributed by atoms with Crippen molar-refractivity contribution in [1.82, 2.24) is 24.6 Å². The normalized spacial score (nSPS) is 19.7. The van der Waals surface area contributed by atoms with Crippen LogP contribution in [-0.4, -0.2) is 80.6 Å². The smallest absolute Gasteiger partial charge is 0.419 e. The van der Waals surface area contributed by atoms with Gasteiger partial charge in [0.1, 0.15) is 17.6 Å². The number of nitrogens with one attached hydrogen (secondary N) is 1. The van der Waals surface area contributed by atoms with E-state index in [1.54, 1.807) is 6.92 Å². The van der Waals surface area contributed by atoms with Gasteiger partial charge in [0, 0.05) is 37.8 Å². The number of hydrogen-bond donors (Lipinski definition) is 2. The van der Waals surface area contributed by atoms with Crippen LogP contribution in [0.3, 0.4) is 0 Å². The summed E-state index contributed by atoms with van der Waals surface area (Å²) in [6.07, 6.45) is -6.55. The molecule has 2 aliphatic heterocycles. The van der Waals surface area contributed by atoms with Gasteiger partial charge in [0.15, 0.2) is 0 Å². The summed E-state index contributed by atoms with van der Waals surface area (Å²) in [7, 11) is 2.75. The fraction of sp³-hybridized carbons (Fsp3) is 0.455. The number of alkyl halides is 3. The Hall–Kier alpha value is -3.88. The minimum absolute atomic E-state index is 0.0283. The third-order valence-electron chi connectivity index (χ3n) is 6.24. The highest BCUT2D eigenvalue weighted by atomic mass is 19.4. The maximum atomic E-state index is 13.6. The van der Waals surface area contributed by atoms with Crippen LogP contribution in [0, 0.1) is 5.82 Å². The number of benzene rings is 1. The van der Waals surface area contributed by atoms with Gasteiger partial charge in [0.05, 0.1) is 30.9 Å². The predicted octanol–water partition coefficient (Wildman–Crippen LogP) is 3.02. The molecule has 0 aliphatic carbocycles. The summed E-state index contributed by atoms with van der Waals surface area (Å²) in [4.78, 5) is 45.3. The molecular formula is C22H24F4N6O5. The fourth-order valence-corrected chi connectivity index (χ4v) is 4.38. The molecule has 11 nitrogen and oxygen atoms in total. The summed E-state index contributed by atoms with van der Waals surface area (Å²) < 4.78 is 54.2. The molecule has 0 spiro atoms. The Balaban J connectivity index is 1.58. The Bertz CT molecular complexity index is 1250. The summed E-state index contributed by atoms with van der Waals surface area (Å²) in [6.45, 7) is 1.71. The number of anilines is 1. The Morgan fingerprint density at radius 3 is 2.68 bits per heavy atom. The number of hydrogen-bond acceptors (Lipinski definition) is 5. The van der Waals surface area contributed by atoms with Crippen LogP contribution in [0.25, 0.3) is 0 Å². The predicted molar refractivity (Wildman–Crippen MR) is 119 cm³/mol. The van der Waals surface area contributed by atoms with Crippen molar-refractivity contribution in [2.75, 3.05) is 26.0 Å². The van der Waals surface area contributed by atoms with E-state index in [1.807, 2.05) is 0 Å². The molecule has 1 aromatic carbocycles. The summed E-state index contributed by atoms with van der Waals surface area (Å²) in [6, 6.07) is 1.01. The van der Waals surface area contributed by atoms with E-state index in [9.17, 15) is 31.9 Å². The van der Waals surface area contributed by atoms with Crippen LogP contribution in [-0.2, 0) is 30.5 Å². The molecule has 2 atom stereocenters. The van der Waals surface area contributed by atoms with Crippen molar-refractivity contribution >= 4 is 23.7 Å². The van der Waals surface area contributed by atoms with E-state index in [-0.39, 0.29) is 37.4 Å². The molecule has 0 fully saturated rings. The van der Waals surface area contributed by atoms with E-state index < -0.39 is 47.7 Å². The Morgan fingerprint density at radius 1 is 1.32 bits per heavy atom. The van der Waals surface area contributed by atoms with Gasteiger partial charge in [-0.15, -0.1) is 0 Å². The monoisotopic (exact) mass is 528 g/mol. The average molecular weight is 528 g/mol. The average Bonchev–Trinajstić information content (AvgIpc) is 3.08. The van der Waals surface area contributed by atoms with Crippen LogP contribution in [0.4, 0.5) is 32.8 Å². The van der Waals surface area contributed by atoms with Crippen molar-refractivity contribution in [3.8, 4) is 0 Å². The number of halogens is 4. The lowest BCUT2D eigenvalue weighted by Crippen LogP contribution is -2.45. The number of fused-ring (bicyclic) bond motifs is 3. The number of aromatic nitrogens is 2. The molecular weight excluding hydrogens is 504 g/mol. The van der Waals surface area contributed by atoms with Crippen LogP contribution < -0.4 is 5.32 Å². The largest absolute Gasteiger partial charge is 0.465 e. The van der Waals surface area contributed by atoms with Crippen LogP contribution in [0.15, 0.2) is 18.2 Å². The number of amides is 4. The number of carbonyl (C=O) groups is 3. The van der Waals surface area contributed by atoms with Crippen molar-refractivity contribution < 1.29 is 41.9 Å². The number of urea groups is 1. The zero-order chi connectivity index (χ0) is 27.2. The number of rotatable bonds is 3. The Morgan fingerprint density at radius 2 is 2.03 bits per heavy atom. The van der Waals surface area contributed by atoms with Gasteiger partial charge in [0.25, 0.3) is 5.91 Å². The van der Waals surface area contributed by atoms with Gasteiger partial charge in [-0.3, -0.25) is 14.3 Å². The summed E-state index contributed by atoms with van der Waals surface area (Å²) in [5.41, 5.74) is -0.542. The standard InChI is InChI=1S/C22H24F4N6O5/c1-11-6-17-14(10-31(11)20(34)27-12-4-5-16(23)15(7-12)22(24,25)26)18-19(33)30(3)37-13(9-32(18)28-17)8-29(2)21(35)36/h4-5,7,11,13H,6,8-10H2,1-3H3,(H,27,34)(H,35,36)/t11-,13?/m1/s1. The van der Waals surface area contributed by atoms with Gasteiger partial charge >= 0.3 is 18.3 Å². The van der Waals surface area contributed by atoms with Crippen molar-refractivity contribution in [3.05, 3.63) is 46.5 Å². The highest BCUT2D eigenvalue weighted by molar-refractivity contribution is 5.94. The number of likely N-dealkylation sites (N-methyl/N-ethyl adjacent to an activating group) is 1. The lowest BCUT2D eigenvalue weighted by molar-refractivity contribution is -0.151. The van der Waals surface area contributed by atoms with E-state index in [0.29, 0.717) is 23.4 Å². The molecule has 200 valence electrons. The van der Waals surface area contributed by atoms with E-state index in [0.717, 1.165) is 16.0 Å². The Labute approximate surface area is 208 Å². The SMILES string of the molecule is C[C@@H]1Cc2nn3c(c2CN1C(=O)Nc1ccc(F)c(C(F)(F)F)c1)C(=O)N(C)OC(CN(C)C(=O)O)C3. The Kier molecular flexibility index (Phi) is 6.75. The van der Waals surface area contributed by atoms with Crippen molar-refractivity contribution in [1.29, 1.82) is 0 Å². The minimum Gasteiger partial charge on any atom is -0.465 e. The zero-order valence-electron chi connectivity index (χ0n) is 20.0. The third-order valence-corrected chi connectivity index (χ3v) is 6.24. The summed E-state index contributed by atoms with van der Waals surface area (Å²) in [5, 5.41) is 17.0. The van der Waals surface area contributed by atoms with E-state index in [2.05, 4.69) is 10.4 Å². The molecule has 4 rings (SSSR count). The molecule has 4 amide bonds. The topological polar surface area (TPSA) is 120 Å². The number of carboxylic acid groups (broad SMARTS) is 1. The van der Waals surface area contributed by atoms with E-state index >= 15 is 0 Å². The van der Waals surface area contributed by atoms with Crippen molar-refractivity contribution in [3.63, 3.8) is 0 Å². The quantitative estimate of drug-likeness (QED) is 0.591. The van der Waals surface area contributed by atoms with Crippen LogP contribution in [0.2, 0.25) is 0 Å². The lowest BCUT2D eigenvalue weighted by Gasteiger charge is -2.33. The second-order valence-corrected chi connectivity index (χ2v) is 8.95. The van der Waals surface area contributed by atoms with Crippen LogP contribution in [0.1, 0.15) is 34.2 Å². The van der Waals surface area contributed by atoms with Gasteiger partial charge in [-0.2, -0.15) is 18.3 Å². The van der Waals surface area contributed by atoms with Gasteiger partial charge in [0.2, 0.25) is 0 Å². The molecule has 0 saturated carbocycles. The van der Waals surface area contributed by atoms with Crippen LogP contribution in [0.5, 0.6) is 0 Å². The molecule has 37 heavy (non-hydrogen) atoms. The van der Waals surface area contributed by atoms with E-state index in [4.69, 9.17) is 9.94 Å². The van der Waals surface area contributed by atoms with Gasteiger partial charge in [-0.1, -0.05) is 0 Å². The first-order valence-electron chi connectivity index (χ1n) is 11.2. The first-order chi connectivity index (χ1) is 17.3. The highest BCUT2D eigenvalue weighted by Gasteiger charge is 2.38. The lowest BCUT2D eigenvalue weighted by atomic mass is 9.99. The molecule has 1 unspecified atom stereocenters. The van der Waals surface area contributed by atoms with Gasteiger partial charge in [-0.05, 0) is 25.1 Å². The summed E-state index contributed by atoms with van der Waals surface area (Å²) >= 11 is 0. The molecule has 15 heteroatoms. The number of nitrogens with zero attached hydrogens (tertiary/aromatic N) is 5. The fourth-order valence-electron chi connectivity index (χ4n) is 4.38. The second kappa shape index (κ2) is 9.53. The molecule has 2 aliphatic rings. The van der Waals surface area contributed by atoms with Gasteiger partial charge < -0.3 is 20.2 Å². The zero-order valence-corrected chi connectivity index (χ0v) is 20.0. The summed E-state index contributed by atoms with van der Waals surface area (Å²) in [5.74, 6) is -2.00. The molecule has 0 radical (unpaired) electrons. The maximum Gasteiger partial charge on any atom is 0.419 e. The molecule has 3 heterocycles. The minimum atomic E-state index is -4.93. The van der Waals surface area contributed by atoms with E-state index in [1.165, 1.54) is 23.7 Å². The maximum absolute atomic E-state index is 13.6. The molecule has 1 aromatic heterocycles. The molecule has 0 bridgehead atoms. The van der Waals surface area contributed by atoms with Crippen LogP contribution >= 0.6 is 0 Å². The third kappa shape index (κ3) is 5.16. The molecule has 2 aromatic rings. The van der Waals surface area contributed by atoms with Crippen molar-refractivity contribution in [2.45, 2.75) is 44.8 Å². The second-order valence-electron chi connectivity index (χ2n) is 8.95. The van der Waals surface area contributed by atoms with Gasteiger partial charge in [-0.25, -0.2) is 19.0 Å². The van der Waals surface area contributed by atoms with Crippen molar-refractivity contribution in [2.24, 2.45) is 0 Å². The first-order valence-corrected chi connectivity index (χ1v) is 11.2. The highest BCUT2D eigenvalue weighted by Crippen LogP contribution is 2.34. The number of carbonyl (C=O) groups excluding carboxylic acids is 2. The number of hydroxylamine groups is 2.